The van der Waals surface area contributed by atoms with Gasteiger partial charge in [-0.15, -0.1) is 0 Å². The lowest BCUT2D eigenvalue weighted by atomic mass is 10.2. The molecule has 0 amide bonds. The van der Waals surface area contributed by atoms with Crippen molar-refractivity contribution in [2.45, 2.75) is 36.6 Å². The summed E-state index contributed by atoms with van der Waals surface area (Å²) in [6.45, 7) is 0. The summed E-state index contributed by atoms with van der Waals surface area (Å²) < 4.78 is 22.8. The average molecular weight is 266 g/mol. The normalized spacial score (nSPS) is 17.4. The van der Waals surface area contributed by atoms with Crippen molar-refractivity contribution in [1.82, 2.24) is 5.43 Å². The predicted octanol–water partition coefficient (Wildman–Crippen LogP) is 1.96. The zero-order chi connectivity index (χ0) is 13.0. The first-order valence-corrected chi connectivity index (χ1v) is 8.03. The molecule has 0 bridgehead atoms. The monoisotopic (exact) mass is 266 g/mol. The lowest BCUT2D eigenvalue weighted by Crippen LogP contribution is -2.20. The third-order valence-corrected chi connectivity index (χ3v) is 4.22. The van der Waals surface area contributed by atoms with E-state index in [4.69, 9.17) is 0 Å². The van der Waals surface area contributed by atoms with E-state index in [1.165, 1.54) is 31.9 Å². The third kappa shape index (κ3) is 3.57. The second-order valence-corrected chi connectivity index (χ2v) is 6.73. The quantitative estimate of drug-likeness (QED) is 0.669. The number of nitrogens with one attached hydrogen (secondary N) is 1. The first-order chi connectivity index (χ1) is 8.55. The highest BCUT2D eigenvalue weighted by atomic mass is 32.2. The third-order valence-electron chi connectivity index (χ3n) is 3.11. The zero-order valence-electron chi connectivity index (χ0n) is 10.5. The van der Waals surface area contributed by atoms with Crippen LogP contribution in [0.4, 0.5) is 0 Å². The summed E-state index contributed by atoms with van der Waals surface area (Å²) in [7, 11) is -3.15. The van der Waals surface area contributed by atoms with E-state index in [1.54, 1.807) is 24.4 Å². The van der Waals surface area contributed by atoms with Crippen LogP contribution in [0.15, 0.2) is 34.3 Å². The van der Waals surface area contributed by atoms with Gasteiger partial charge in [0, 0.05) is 12.3 Å². The van der Waals surface area contributed by atoms with Crippen molar-refractivity contribution < 1.29 is 8.42 Å². The average Bonchev–Trinajstić information content (AvgIpc) is 2.81. The van der Waals surface area contributed by atoms with Crippen LogP contribution in [0.1, 0.15) is 31.2 Å². The van der Waals surface area contributed by atoms with Gasteiger partial charge >= 0.3 is 0 Å². The molecule has 18 heavy (non-hydrogen) atoms. The number of hydrogen-bond donors (Lipinski definition) is 1. The maximum atomic E-state index is 11.4. The standard InChI is InChI=1S/C13H18N2O2S/c1-18(16,17)13-8-4-5-11(9-13)10-14-15-12-6-2-3-7-12/h4-5,8-10,12,15H,2-3,6-7H2,1H3. The summed E-state index contributed by atoms with van der Waals surface area (Å²) in [6, 6.07) is 7.27. The Labute approximate surface area is 108 Å². The van der Waals surface area contributed by atoms with Crippen molar-refractivity contribution >= 4 is 16.1 Å². The molecular weight excluding hydrogens is 248 g/mol. The Balaban J connectivity index is 2.02. The number of benzene rings is 1. The van der Waals surface area contributed by atoms with Crippen molar-refractivity contribution in [1.29, 1.82) is 0 Å². The van der Waals surface area contributed by atoms with Gasteiger partial charge in [0.1, 0.15) is 0 Å². The van der Waals surface area contributed by atoms with Crippen molar-refractivity contribution in [3.05, 3.63) is 29.8 Å². The molecule has 0 spiro atoms. The van der Waals surface area contributed by atoms with E-state index in [9.17, 15) is 8.42 Å². The molecule has 98 valence electrons. The number of hydrazone groups is 1. The molecule has 2 rings (SSSR count). The number of sulfone groups is 1. The largest absolute Gasteiger partial charge is 0.307 e. The van der Waals surface area contributed by atoms with Crippen LogP contribution in [0.3, 0.4) is 0 Å². The predicted molar refractivity (Wildman–Crippen MR) is 72.5 cm³/mol. The van der Waals surface area contributed by atoms with Gasteiger partial charge in [-0.2, -0.15) is 5.10 Å². The van der Waals surface area contributed by atoms with Crippen molar-refractivity contribution in [2.24, 2.45) is 5.10 Å². The van der Waals surface area contributed by atoms with Crippen LogP contribution in [-0.4, -0.2) is 26.9 Å². The van der Waals surface area contributed by atoms with Gasteiger partial charge in [-0.1, -0.05) is 25.0 Å². The molecule has 1 aromatic rings. The molecule has 5 heteroatoms. The molecule has 0 heterocycles. The maximum Gasteiger partial charge on any atom is 0.175 e. The Bertz CT molecular complexity index is 532. The second kappa shape index (κ2) is 5.52. The molecule has 0 aliphatic heterocycles. The highest BCUT2D eigenvalue weighted by Gasteiger charge is 2.13. The Morgan fingerprint density at radius 3 is 2.72 bits per heavy atom. The zero-order valence-corrected chi connectivity index (χ0v) is 11.3. The van der Waals surface area contributed by atoms with Crippen LogP contribution < -0.4 is 5.43 Å². The first-order valence-electron chi connectivity index (χ1n) is 6.14. The number of hydrogen-bond acceptors (Lipinski definition) is 4. The SMILES string of the molecule is CS(=O)(=O)c1cccc(C=NNC2CCCC2)c1. The van der Waals surface area contributed by atoms with Gasteiger partial charge in [-0.05, 0) is 30.5 Å². The highest BCUT2D eigenvalue weighted by Crippen LogP contribution is 2.17. The minimum absolute atomic E-state index is 0.326. The van der Waals surface area contributed by atoms with E-state index in [0.717, 1.165) is 5.56 Å². The van der Waals surface area contributed by atoms with Crippen LogP contribution in [0, 0.1) is 0 Å². The summed E-state index contributed by atoms with van der Waals surface area (Å²) >= 11 is 0. The van der Waals surface area contributed by atoms with E-state index in [-0.39, 0.29) is 0 Å². The summed E-state index contributed by atoms with van der Waals surface area (Å²) in [5.74, 6) is 0. The maximum absolute atomic E-state index is 11.4. The van der Waals surface area contributed by atoms with Crippen LogP contribution in [-0.2, 0) is 9.84 Å². The van der Waals surface area contributed by atoms with Crippen LogP contribution in [0.5, 0.6) is 0 Å². The molecule has 0 atom stereocenters. The summed E-state index contributed by atoms with van der Waals surface area (Å²) in [4.78, 5) is 0.326. The van der Waals surface area contributed by atoms with Gasteiger partial charge < -0.3 is 5.43 Å². The van der Waals surface area contributed by atoms with Gasteiger partial charge in [-0.25, -0.2) is 8.42 Å². The molecule has 0 saturated heterocycles. The minimum atomic E-state index is -3.15. The Morgan fingerprint density at radius 1 is 1.33 bits per heavy atom. The fraction of sp³-hybridized carbons (Fsp3) is 0.462. The number of nitrogens with zero attached hydrogens (tertiary/aromatic N) is 1. The van der Waals surface area contributed by atoms with E-state index < -0.39 is 9.84 Å². The highest BCUT2D eigenvalue weighted by molar-refractivity contribution is 7.90. The van der Waals surface area contributed by atoms with Gasteiger partial charge in [0.15, 0.2) is 9.84 Å². The second-order valence-electron chi connectivity index (χ2n) is 4.71. The molecule has 1 saturated carbocycles. The van der Waals surface area contributed by atoms with Crippen molar-refractivity contribution in [2.75, 3.05) is 6.26 Å². The smallest absolute Gasteiger partial charge is 0.175 e. The number of rotatable bonds is 4. The molecule has 1 aliphatic rings. The summed E-state index contributed by atoms with van der Waals surface area (Å²) in [6.07, 6.45) is 7.74. The van der Waals surface area contributed by atoms with E-state index >= 15 is 0 Å². The molecule has 0 unspecified atom stereocenters. The topological polar surface area (TPSA) is 58.5 Å². The minimum Gasteiger partial charge on any atom is -0.307 e. The first kappa shape index (κ1) is 13.1. The Hall–Kier alpha value is -1.36. The molecule has 1 N–H and O–H groups in total. The lowest BCUT2D eigenvalue weighted by Gasteiger charge is -2.07. The molecule has 0 radical (unpaired) electrons. The van der Waals surface area contributed by atoms with Gasteiger partial charge in [0.05, 0.1) is 11.1 Å². The van der Waals surface area contributed by atoms with Gasteiger partial charge in [0.2, 0.25) is 0 Å². The van der Waals surface area contributed by atoms with Crippen LogP contribution >= 0.6 is 0 Å². The Kier molecular flexibility index (Phi) is 4.01. The van der Waals surface area contributed by atoms with Crippen molar-refractivity contribution in [3.63, 3.8) is 0 Å². The van der Waals surface area contributed by atoms with Gasteiger partial charge in [-0.3, -0.25) is 0 Å². The van der Waals surface area contributed by atoms with Crippen molar-refractivity contribution in [3.8, 4) is 0 Å². The molecule has 0 aromatic heterocycles. The molecule has 1 aromatic carbocycles. The molecular formula is C13H18N2O2S. The molecule has 1 fully saturated rings. The fourth-order valence-electron chi connectivity index (χ4n) is 2.10. The van der Waals surface area contributed by atoms with Crippen LogP contribution in [0.25, 0.3) is 0 Å². The molecule has 4 nitrogen and oxygen atoms in total. The lowest BCUT2D eigenvalue weighted by molar-refractivity contribution is 0.548. The fourth-order valence-corrected chi connectivity index (χ4v) is 2.77. The van der Waals surface area contributed by atoms with Gasteiger partial charge in [0.25, 0.3) is 0 Å². The summed E-state index contributed by atoms with van der Waals surface area (Å²) in [5, 5.41) is 4.18. The van der Waals surface area contributed by atoms with E-state index in [1.807, 2.05) is 6.07 Å². The van der Waals surface area contributed by atoms with Crippen LogP contribution in [0.2, 0.25) is 0 Å². The Morgan fingerprint density at radius 2 is 2.06 bits per heavy atom. The molecule has 1 aliphatic carbocycles. The van der Waals surface area contributed by atoms with E-state index in [0.29, 0.717) is 10.9 Å². The van der Waals surface area contributed by atoms with E-state index in [2.05, 4.69) is 10.5 Å². The summed E-state index contributed by atoms with van der Waals surface area (Å²) in [5.41, 5.74) is 3.90.